The van der Waals surface area contributed by atoms with Gasteiger partial charge in [-0.2, -0.15) is 0 Å². The van der Waals surface area contributed by atoms with Crippen LogP contribution in [0.1, 0.15) is 17.3 Å². The lowest BCUT2D eigenvalue weighted by atomic mass is 10.1. The van der Waals surface area contributed by atoms with E-state index >= 15 is 0 Å². The van der Waals surface area contributed by atoms with Crippen LogP contribution in [0.15, 0.2) is 66.7 Å². The van der Waals surface area contributed by atoms with Crippen molar-refractivity contribution < 1.29 is 14.3 Å². The van der Waals surface area contributed by atoms with Gasteiger partial charge in [0.15, 0.2) is 0 Å². The molecule has 0 heterocycles. The number of nitrogens with zero attached hydrogens (tertiary/aromatic N) is 1. The van der Waals surface area contributed by atoms with Gasteiger partial charge in [-0.1, -0.05) is 30.3 Å². The molecule has 3 aromatic carbocycles. The highest BCUT2D eigenvalue weighted by molar-refractivity contribution is 6.01. The van der Waals surface area contributed by atoms with E-state index in [0.717, 1.165) is 16.5 Å². The number of benzene rings is 3. The fourth-order valence-corrected chi connectivity index (χ4v) is 2.88. The Balaban J connectivity index is 1.69. The van der Waals surface area contributed by atoms with Crippen LogP contribution >= 0.6 is 0 Å². The average molecular weight is 362 g/mol. The van der Waals surface area contributed by atoms with Gasteiger partial charge in [0.2, 0.25) is 5.91 Å². The third-order valence-corrected chi connectivity index (χ3v) is 4.37. The standard InChI is InChI=1S/C22H22N2O3/c1-3-24(15-21(25)23-19-10-12-20(27-2)13-11-19)22(26)18-9-8-16-6-4-5-7-17(16)14-18/h4-14H,3,15H2,1-2H3,(H,23,25). The van der Waals surface area contributed by atoms with E-state index in [2.05, 4.69) is 5.32 Å². The fraction of sp³-hybridized carbons (Fsp3) is 0.182. The van der Waals surface area contributed by atoms with Gasteiger partial charge in [0.1, 0.15) is 12.3 Å². The number of carbonyl (C=O) groups excluding carboxylic acids is 2. The Labute approximate surface area is 158 Å². The molecule has 0 atom stereocenters. The van der Waals surface area contributed by atoms with Crippen LogP contribution in [0.3, 0.4) is 0 Å². The summed E-state index contributed by atoms with van der Waals surface area (Å²) in [5, 5.41) is 4.89. The number of methoxy groups -OCH3 is 1. The number of hydrogen-bond acceptors (Lipinski definition) is 3. The maximum atomic E-state index is 12.8. The van der Waals surface area contributed by atoms with Crippen molar-refractivity contribution in [3.63, 3.8) is 0 Å². The average Bonchev–Trinajstić information content (AvgIpc) is 2.71. The SMILES string of the molecule is CCN(CC(=O)Nc1ccc(OC)cc1)C(=O)c1ccc2ccccc2c1. The van der Waals surface area contributed by atoms with Crippen LogP contribution in [-0.2, 0) is 4.79 Å². The summed E-state index contributed by atoms with van der Waals surface area (Å²) in [5.74, 6) is 0.318. The first-order valence-corrected chi connectivity index (χ1v) is 8.82. The van der Waals surface area contributed by atoms with Gasteiger partial charge in [0.05, 0.1) is 7.11 Å². The first-order chi connectivity index (χ1) is 13.1. The van der Waals surface area contributed by atoms with Crippen LogP contribution in [0.4, 0.5) is 5.69 Å². The molecule has 0 bridgehead atoms. The van der Waals surface area contributed by atoms with Crippen LogP contribution in [0.5, 0.6) is 5.75 Å². The molecule has 0 unspecified atom stereocenters. The van der Waals surface area contributed by atoms with E-state index in [0.29, 0.717) is 17.8 Å². The molecule has 5 heteroatoms. The minimum absolute atomic E-state index is 0.00576. The molecule has 2 amide bonds. The predicted molar refractivity (Wildman–Crippen MR) is 107 cm³/mol. The molecule has 0 radical (unpaired) electrons. The first kappa shape index (κ1) is 18.5. The Kier molecular flexibility index (Phi) is 5.71. The lowest BCUT2D eigenvalue weighted by Crippen LogP contribution is -2.37. The number of hydrogen-bond donors (Lipinski definition) is 1. The van der Waals surface area contributed by atoms with Crippen LogP contribution < -0.4 is 10.1 Å². The van der Waals surface area contributed by atoms with Gasteiger partial charge < -0.3 is 15.0 Å². The van der Waals surface area contributed by atoms with Crippen molar-refractivity contribution in [3.05, 3.63) is 72.3 Å². The van der Waals surface area contributed by atoms with Crippen molar-refractivity contribution in [2.45, 2.75) is 6.92 Å². The molecular formula is C22H22N2O3. The molecule has 0 saturated carbocycles. The smallest absolute Gasteiger partial charge is 0.254 e. The highest BCUT2D eigenvalue weighted by Gasteiger charge is 2.17. The molecule has 0 fully saturated rings. The van der Waals surface area contributed by atoms with Gasteiger partial charge >= 0.3 is 0 Å². The van der Waals surface area contributed by atoms with Crippen molar-refractivity contribution in [2.24, 2.45) is 0 Å². The molecule has 3 aromatic rings. The number of likely N-dealkylation sites (N-methyl/N-ethyl adjacent to an activating group) is 1. The highest BCUT2D eigenvalue weighted by Crippen LogP contribution is 2.18. The number of nitrogens with one attached hydrogen (secondary N) is 1. The van der Waals surface area contributed by atoms with Crippen molar-refractivity contribution in [3.8, 4) is 5.75 Å². The van der Waals surface area contributed by atoms with E-state index in [1.165, 1.54) is 4.90 Å². The summed E-state index contributed by atoms with van der Waals surface area (Å²) in [5.41, 5.74) is 1.24. The quantitative estimate of drug-likeness (QED) is 0.722. The van der Waals surface area contributed by atoms with Crippen LogP contribution in [0, 0.1) is 0 Å². The van der Waals surface area contributed by atoms with E-state index in [9.17, 15) is 9.59 Å². The number of anilines is 1. The molecule has 5 nitrogen and oxygen atoms in total. The normalized spacial score (nSPS) is 10.4. The number of ether oxygens (including phenoxy) is 1. The summed E-state index contributed by atoms with van der Waals surface area (Å²) in [4.78, 5) is 26.7. The number of fused-ring (bicyclic) bond motifs is 1. The third kappa shape index (κ3) is 4.44. The van der Waals surface area contributed by atoms with Crippen LogP contribution in [-0.4, -0.2) is 36.9 Å². The maximum absolute atomic E-state index is 12.8. The van der Waals surface area contributed by atoms with E-state index in [1.54, 1.807) is 37.4 Å². The summed E-state index contributed by atoms with van der Waals surface area (Å²) in [6.07, 6.45) is 0. The lowest BCUT2D eigenvalue weighted by Gasteiger charge is -2.20. The molecule has 138 valence electrons. The van der Waals surface area contributed by atoms with Crippen molar-refractivity contribution in [1.82, 2.24) is 4.90 Å². The summed E-state index contributed by atoms with van der Waals surface area (Å²) in [6, 6.07) is 20.5. The fourth-order valence-electron chi connectivity index (χ4n) is 2.88. The zero-order valence-corrected chi connectivity index (χ0v) is 15.4. The summed E-state index contributed by atoms with van der Waals surface area (Å²) in [6.45, 7) is 2.30. The zero-order valence-electron chi connectivity index (χ0n) is 15.4. The van der Waals surface area contributed by atoms with E-state index in [1.807, 2.05) is 43.3 Å². The van der Waals surface area contributed by atoms with Crippen molar-refractivity contribution in [1.29, 1.82) is 0 Å². The topological polar surface area (TPSA) is 58.6 Å². The van der Waals surface area contributed by atoms with E-state index in [-0.39, 0.29) is 18.4 Å². The van der Waals surface area contributed by atoms with E-state index < -0.39 is 0 Å². The third-order valence-electron chi connectivity index (χ3n) is 4.37. The minimum atomic E-state index is -0.240. The molecule has 0 aliphatic rings. The molecule has 0 saturated heterocycles. The van der Waals surface area contributed by atoms with Gasteiger partial charge in [0, 0.05) is 17.8 Å². The second-order valence-corrected chi connectivity index (χ2v) is 6.16. The molecule has 0 spiro atoms. The summed E-state index contributed by atoms with van der Waals surface area (Å²) < 4.78 is 5.10. The zero-order chi connectivity index (χ0) is 19.2. The van der Waals surface area contributed by atoms with Gasteiger partial charge in [-0.25, -0.2) is 0 Å². The van der Waals surface area contributed by atoms with Crippen molar-refractivity contribution >= 4 is 28.3 Å². The highest BCUT2D eigenvalue weighted by atomic mass is 16.5. The van der Waals surface area contributed by atoms with Gasteiger partial charge in [0.25, 0.3) is 5.91 Å². The van der Waals surface area contributed by atoms with E-state index in [4.69, 9.17) is 4.74 Å². The van der Waals surface area contributed by atoms with Gasteiger partial charge in [-0.15, -0.1) is 0 Å². The number of rotatable bonds is 6. The van der Waals surface area contributed by atoms with Gasteiger partial charge in [-0.3, -0.25) is 9.59 Å². The Morgan fingerprint density at radius 1 is 0.963 bits per heavy atom. The second-order valence-electron chi connectivity index (χ2n) is 6.16. The van der Waals surface area contributed by atoms with Crippen molar-refractivity contribution in [2.75, 3.05) is 25.5 Å². The predicted octanol–water partition coefficient (Wildman–Crippen LogP) is 3.95. The maximum Gasteiger partial charge on any atom is 0.254 e. The summed E-state index contributed by atoms with van der Waals surface area (Å²) >= 11 is 0. The molecule has 3 rings (SSSR count). The first-order valence-electron chi connectivity index (χ1n) is 8.82. The molecule has 0 aliphatic carbocycles. The van der Waals surface area contributed by atoms with Gasteiger partial charge in [-0.05, 0) is 54.1 Å². The Morgan fingerprint density at radius 3 is 2.33 bits per heavy atom. The van der Waals surface area contributed by atoms with Crippen LogP contribution in [0.25, 0.3) is 10.8 Å². The second kappa shape index (κ2) is 8.36. The lowest BCUT2D eigenvalue weighted by molar-refractivity contribution is -0.116. The molecule has 0 aromatic heterocycles. The Bertz CT molecular complexity index is 951. The molecule has 0 aliphatic heterocycles. The minimum Gasteiger partial charge on any atom is -0.497 e. The summed E-state index contributed by atoms with van der Waals surface area (Å²) in [7, 11) is 1.59. The molecule has 27 heavy (non-hydrogen) atoms. The number of amides is 2. The monoisotopic (exact) mass is 362 g/mol. The Hall–Kier alpha value is -3.34. The van der Waals surface area contributed by atoms with Crippen LogP contribution in [0.2, 0.25) is 0 Å². The molecular weight excluding hydrogens is 340 g/mol. The largest absolute Gasteiger partial charge is 0.497 e. The Morgan fingerprint density at radius 2 is 1.67 bits per heavy atom. The molecule has 1 N–H and O–H groups in total. The number of carbonyl (C=O) groups is 2.